The van der Waals surface area contributed by atoms with Crippen molar-refractivity contribution >= 4 is 22.6 Å². The van der Waals surface area contributed by atoms with Crippen molar-refractivity contribution in [1.29, 1.82) is 0 Å². The van der Waals surface area contributed by atoms with Crippen LogP contribution in [0, 0.1) is 12.8 Å². The molecule has 7 heteroatoms. The molecule has 3 aromatic carbocycles. The van der Waals surface area contributed by atoms with E-state index in [2.05, 4.69) is 40.5 Å². The van der Waals surface area contributed by atoms with Crippen LogP contribution in [0.15, 0.2) is 83.7 Å². The maximum atomic E-state index is 13.5. The summed E-state index contributed by atoms with van der Waals surface area (Å²) in [5, 5.41) is 9.51. The number of fused-ring (bicyclic) bond motifs is 3. The van der Waals surface area contributed by atoms with Crippen molar-refractivity contribution in [1.82, 2.24) is 24.1 Å². The van der Waals surface area contributed by atoms with E-state index in [1.54, 1.807) is 4.57 Å². The monoisotopic (exact) mass is 519 g/mol. The number of amides is 1. The lowest BCUT2D eigenvalue weighted by Gasteiger charge is -2.32. The Kier molecular flexibility index (Phi) is 6.97. The Morgan fingerprint density at radius 2 is 1.59 bits per heavy atom. The van der Waals surface area contributed by atoms with Crippen molar-refractivity contribution in [2.45, 2.75) is 45.6 Å². The summed E-state index contributed by atoms with van der Waals surface area (Å²) in [7, 11) is 0. The SMILES string of the molecule is Cc1ccc(Cn2c(=O)c3ccccc3n3c(CCC(=O)N4CCC(Cc5ccccc5)CC4)nnc23)cc1. The molecule has 2 aromatic heterocycles. The summed E-state index contributed by atoms with van der Waals surface area (Å²) in [6.45, 7) is 4.05. The fraction of sp³-hybridized carbons (Fsp3) is 0.312. The zero-order chi connectivity index (χ0) is 26.8. The van der Waals surface area contributed by atoms with Crippen molar-refractivity contribution in [2.75, 3.05) is 13.1 Å². The van der Waals surface area contributed by atoms with Crippen LogP contribution in [0.5, 0.6) is 0 Å². The van der Waals surface area contributed by atoms with Crippen molar-refractivity contribution in [3.8, 4) is 0 Å². The van der Waals surface area contributed by atoms with E-state index in [1.807, 2.05) is 64.8 Å². The van der Waals surface area contributed by atoms with Gasteiger partial charge in [-0.15, -0.1) is 10.2 Å². The number of hydrogen-bond donors (Lipinski definition) is 0. The standard InChI is InChI=1S/C32H33N5O2/c1-23-11-13-26(14-12-23)22-36-31(39)27-9-5-6-10-28(27)37-29(33-34-32(36)37)15-16-30(38)35-19-17-25(18-20-35)21-24-7-3-2-4-8-24/h2-14,25H,15-22H2,1H3. The maximum Gasteiger partial charge on any atom is 0.263 e. The third kappa shape index (κ3) is 5.21. The number of hydrogen-bond acceptors (Lipinski definition) is 4. The fourth-order valence-corrected chi connectivity index (χ4v) is 5.71. The largest absolute Gasteiger partial charge is 0.343 e. The minimum Gasteiger partial charge on any atom is -0.343 e. The van der Waals surface area contributed by atoms with Gasteiger partial charge in [-0.2, -0.15) is 0 Å². The van der Waals surface area contributed by atoms with E-state index in [0.717, 1.165) is 43.4 Å². The number of likely N-dealkylation sites (tertiary alicyclic amines) is 1. The van der Waals surface area contributed by atoms with Gasteiger partial charge in [0.05, 0.1) is 17.4 Å². The highest BCUT2D eigenvalue weighted by Crippen LogP contribution is 2.23. The minimum atomic E-state index is -0.0907. The van der Waals surface area contributed by atoms with Crippen molar-refractivity contribution < 1.29 is 4.79 Å². The quantitative estimate of drug-likeness (QED) is 0.309. The second-order valence-corrected chi connectivity index (χ2v) is 10.7. The van der Waals surface area contributed by atoms with Crippen molar-refractivity contribution in [3.05, 3.63) is 112 Å². The molecule has 1 saturated heterocycles. The molecule has 0 radical (unpaired) electrons. The molecule has 0 atom stereocenters. The van der Waals surface area contributed by atoms with E-state index in [1.165, 1.54) is 11.1 Å². The second-order valence-electron chi connectivity index (χ2n) is 10.7. The van der Waals surface area contributed by atoms with Crippen LogP contribution in [0.3, 0.4) is 0 Å². The number of piperidine rings is 1. The first kappa shape index (κ1) is 25.0. The normalized spacial score (nSPS) is 14.3. The lowest BCUT2D eigenvalue weighted by atomic mass is 9.90. The van der Waals surface area contributed by atoms with Crippen molar-refractivity contribution in [3.63, 3.8) is 0 Å². The highest BCUT2D eigenvalue weighted by molar-refractivity contribution is 5.80. The molecule has 1 aliphatic heterocycles. The topological polar surface area (TPSA) is 72.5 Å². The molecular formula is C32H33N5O2. The smallest absolute Gasteiger partial charge is 0.263 e. The maximum absolute atomic E-state index is 13.5. The molecule has 6 rings (SSSR count). The zero-order valence-electron chi connectivity index (χ0n) is 22.3. The Hall–Kier alpha value is -4.26. The number of carbonyl (C=O) groups is 1. The van der Waals surface area contributed by atoms with Gasteiger partial charge >= 0.3 is 0 Å². The number of para-hydroxylation sites is 1. The molecule has 1 fully saturated rings. The number of aromatic nitrogens is 4. The molecule has 1 aliphatic rings. The van der Waals surface area contributed by atoms with Gasteiger partial charge in [-0.3, -0.25) is 18.6 Å². The van der Waals surface area contributed by atoms with Crippen molar-refractivity contribution in [2.24, 2.45) is 5.92 Å². The molecule has 39 heavy (non-hydrogen) atoms. The first-order valence-electron chi connectivity index (χ1n) is 13.8. The Bertz CT molecular complexity index is 1660. The summed E-state index contributed by atoms with van der Waals surface area (Å²) < 4.78 is 3.63. The Morgan fingerprint density at radius 1 is 0.872 bits per heavy atom. The third-order valence-corrected chi connectivity index (χ3v) is 7.93. The van der Waals surface area contributed by atoms with E-state index < -0.39 is 0 Å². The molecule has 0 bridgehead atoms. The average molecular weight is 520 g/mol. The van der Waals surface area contributed by atoms with Crippen LogP contribution in [0.4, 0.5) is 0 Å². The molecule has 0 saturated carbocycles. The second kappa shape index (κ2) is 10.8. The highest BCUT2D eigenvalue weighted by Gasteiger charge is 2.24. The molecule has 0 N–H and O–H groups in total. The minimum absolute atomic E-state index is 0.0907. The number of aryl methyl sites for hydroxylation is 2. The molecule has 0 spiro atoms. The summed E-state index contributed by atoms with van der Waals surface area (Å²) in [5.41, 5.74) is 4.24. The van der Waals surface area contributed by atoms with Gasteiger partial charge in [0.25, 0.3) is 5.56 Å². The Morgan fingerprint density at radius 3 is 2.36 bits per heavy atom. The third-order valence-electron chi connectivity index (χ3n) is 7.93. The number of benzene rings is 3. The van der Waals surface area contributed by atoms with Gasteiger partial charge in [0.2, 0.25) is 11.7 Å². The predicted molar refractivity (Wildman–Crippen MR) is 153 cm³/mol. The molecule has 198 valence electrons. The zero-order valence-corrected chi connectivity index (χ0v) is 22.3. The van der Waals surface area contributed by atoms with Crippen LogP contribution in [-0.2, 0) is 24.2 Å². The van der Waals surface area contributed by atoms with Crippen LogP contribution in [-0.4, -0.2) is 43.1 Å². The molecule has 0 aliphatic carbocycles. The van der Waals surface area contributed by atoms with Crippen LogP contribution in [0.25, 0.3) is 16.7 Å². The van der Waals surface area contributed by atoms with Gasteiger partial charge in [-0.25, -0.2) is 0 Å². The molecular weight excluding hydrogens is 486 g/mol. The Labute approximate surface area is 227 Å². The summed E-state index contributed by atoms with van der Waals surface area (Å²) >= 11 is 0. The van der Waals surface area contributed by atoms with Gasteiger partial charge in [0.1, 0.15) is 5.82 Å². The van der Waals surface area contributed by atoms with Crippen LogP contribution >= 0.6 is 0 Å². The van der Waals surface area contributed by atoms with Gasteiger partial charge in [0, 0.05) is 25.9 Å². The summed E-state index contributed by atoms with van der Waals surface area (Å²) in [4.78, 5) is 28.6. The number of carbonyl (C=O) groups excluding carboxylic acids is 1. The number of rotatable bonds is 7. The lowest BCUT2D eigenvalue weighted by Crippen LogP contribution is -2.39. The van der Waals surface area contributed by atoms with E-state index in [9.17, 15) is 9.59 Å². The van der Waals surface area contributed by atoms with E-state index >= 15 is 0 Å². The van der Waals surface area contributed by atoms with Crippen LogP contribution in [0.1, 0.15) is 41.8 Å². The summed E-state index contributed by atoms with van der Waals surface area (Å²) in [6.07, 6.45) is 3.98. The highest BCUT2D eigenvalue weighted by atomic mass is 16.2. The number of nitrogens with zero attached hydrogens (tertiary/aromatic N) is 5. The molecule has 5 aromatic rings. The summed E-state index contributed by atoms with van der Waals surface area (Å²) in [6, 6.07) is 26.3. The van der Waals surface area contributed by atoms with E-state index in [-0.39, 0.29) is 11.5 Å². The van der Waals surface area contributed by atoms with Crippen LogP contribution in [0.2, 0.25) is 0 Å². The van der Waals surface area contributed by atoms with Gasteiger partial charge in [-0.05, 0) is 55.4 Å². The van der Waals surface area contributed by atoms with E-state index in [0.29, 0.717) is 42.3 Å². The average Bonchev–Trinajstić information content (AvgIpc) is 3.40. The predicted octanol–water partition coefficient (Wildman–Crippen LogP) is 4.81. The van der Waals surface area contributed by atoms with Crippen LogP contribution < -0.4 is 5.56 Å². The fourth-order valence-electron chi connectivity index (χ4n) is 5.71. The van der Waals surface area contributed by atoms with Gasteiger partial charge in [0.15, 0.2) is 0 Å². The Balaban J connectivity index is 1.19. The first-order valence-corrected chi connectivity index (χ1v) is 13.8. The molecule has 0 unspecified atom stereocenters. The first-order chi connectivity index (χ1) is 19.1. The molecule has 1 amide bonds. The van der Waals surface area contributed by atoms with Gasteiger partial charge < -0.3 is 4.90 Å². The van der Waals surface area contributed by atoms with E-state index in [4.69, 9.17) is 0 Å². The lowest BCUT2D eigenvalue weighted by molar-refractivity contribution is -0.132. The molecule has 7 nitrogen and oxygen atoms in total. The van der Waals surface area contributed by atoms with Gasteiger partial charge in [-0.1, -0.05) is 72.3 Å². The summed E-state index contributed by atoms with van der Waals surface area (Å²) in [5.74, 6) is 1.98. The molecule has 3 heterocycles.